The fourth-order valence-electron chi connectivity index (χ4n) is 3.75. The predicted octanol–water partition coefficient (Wildman–Crippen LogP) is 5.36. The van der Waals surface area contributed by atoms with E-state index in [0.717, 1.165) is 17.7 Å². The monoisotopic (exact) mass is 433 g/mol. The third-order valence-corrected chi connectivity index (χ3v) is 5.32. The van der Waals surface area contributed by atoms with Crippen LogP contribution < -0.4 is 0 Å². The molecule has 0 N–H and O–H groups in total. The van der Waals surface area contributed by atoms with Gasteiger partial charge in [0.05, 0.1) is 18.7 Å². The molecule has 158 valence electrons. The zero-order valence-corrected chi connectivity index (χ0v) is 17.5. The maximum Gasteiger partial charge on any atom is 0.336 e. The highest BCUT2D eigenvalue weighted by Gasteiger charge is 2.38. The topological polar surface area (TPSA) is 46.6 Å². The molecule has 1 unspecified atom stereocenters. The Morgan fingerprint density at radius 2 is 1.97 bits per heavy atom. The van der Waals surface area contributed by atoms with Gasteiger partial charge in [0, 0.05) is 34.7 Å². The number of esters is 1. The number of rotatable bonds is 6. The van der Waals surface area contributed by atoms with Gasteiger partial charge in [0.2, 0.25) is 5.91 Å². The quantitative estimate of drug-likeness (QED) is 0.576. The summed E-state index contributed by atoms with van der Waals surface area (Å²) in [5.74, 6) is -2.72. The molecule has 1 atom stereocenters. The molecule has 1 aliphatic rings. The molecule has 2 aromatic carbocycles. The minimum absolute atomic E-state index is 0.0147. The Balaban J connectivity index is 2.10. The van der Waals surface area contributed by atoms with Crippen LogP contribution in [0.3, 0.4) is 0 Å². The number of halogens is 3. The summed E-state index contributed by atoms with van der Waals surface area (Å²) in [6, 6.07) is 10.2. The number of carbonyl (C=O) groups is 2. The SMILES string of the molecule is CCOC(=O)C1=C(CC)N(Cc2ccc(F)cc2F)C(=O)CC1c1cccc(Cl)c1. The van der Waals surface area contributed by atoms with Crippen molar-refractivity contribution in [3.63, 3.8) is 0 Å². The van der Waals surface area contributed by atoms with Gasteiger partial charge in [0.1, 0.15) is 11.6 Å². The van der Waals surface area contributed by atoms with E-state index < -0.39 is 23.5 Å². The molecule has 0 saturated carbocycles. The lowest BCUT2D eigenvalue weighted by molar-refractivity contribution is -0.140. The van der Waals surface area contributed by atoms with Crippen molar-refractivity contribution >= 4 is 23.5 Å². The zero-order valence-electron chi connectivity index (χ0n) is 16.8. The number of hydrogen-bond acceptors (Lipinski definition) is 3. The fourth-order valence-corrected chi connectivity index (χ4v) is 3.94. The van der Waals surface area contributed by atoms with E-state index in [4.69, 9.17) is 16.3 Å². The van der Waals surface area contributed by atoms with Crippen LogP contribution in [0.5, 0.6) is 0 Å². The molecule has 0 saturated heterocycles. The van der Waals surface area contributed by atoms with E-state index in [1.807, 2.05) is 13.0 Å². The van der Waals surface area contributed by atoms with E-state index in [2.05, 4.69) is 0 Å². The van der Waals surface area contributed by atoms with Crippen LogP contribution in [0.25, 0.3) is 0 Å². The number of hydrogen-bond donors (Lipinski definition) is 0. The van der Waals surface area contributed by atoms with Crippen molar-refractivity contribution in [1.29, 1.82) is 0 Å². The highest BCUT2D eigenvalue weighted by Crippen LogP contribution is 2.39. The molecule has 30 heavy (non-hydrogen) atoms. The Morgan fingerprint density at radius 3 is 2.60 bits per heavy atom. The molecule has 0 spiro atoms. The van der Waals surface area contributed by atoms with Gasteiger partial charge in [-0.25, -0.2) is 13.6 Å². The second-order valence-electron chi connectivity index (χ2n) is 6.96. The molecule has 4 nitrogen and oxygen atoms in total. The lowest BCUT2D eigenvalue weighted by Crippen LogP contribution is -2.39. The van der Waals surface area contributed by atoms with Gasteiger partial charge < -0.3 is 9.64 Å². The zero-order chi connectivity index (χ0) is 21.8. The summed E-state index contributed by atoms with van der Waals surface area (Å²) in [5, 5.41) is 0.497. The summed E-state index contributed by atoms with van der Waals surface area (Å²) < 4.78 is 32.8. The normalized spacial score (nSPS) is 16.8. The Morgan fingerprint density at radius 1 is 1.20 bits per heavy atom. The van der Waals surface area contributed by atoms with E-state index in [9.17, 15) is 18.4 Å². The van der Waals surface area contributed by atoms with Crippen LogP contribution in [-0.2, 0) is 20.9 Å². The summed E-state index contributed by atoms with van der Waals surface area (Å²) in [6.45, 7) is 3.61. The van der Waals surface area contributed by atoms with E-state index >= 15 is 0 Å². The Kier molecular flexibility index (Phi) is 6.87. The maximum atomic E-state index is 14.2. The van der Waals surface area contributed by atoms with Gasteiger partial charge in [0.25, 0.3) is 0 Å². The third kappa shape index (κ3) is 4.54. The van der Waals surface area contributed by atoms with Crippen molar-refractivity contribution in [1.82, 2.24) is 4.90 Å². The van der Waals surface area contributed by atoms with Crippen molar-refractivity contribution in [3.05, 3.63) is 81.5 Å². The van der Waals surface area contributed by atoms with Crippen LogP contribution in [0.2, 0.25) is 5.02 Å². The molecule has 0 radical (unpaired) electrons. The Labute approximate surface area is 179 Å². The summed E-state index contributed by atoms with van der Waals surface area (Å²) in [5.41, 5.74) is 1.74. The van der Waals surface area contributed by atoms with Crippen LogP contribution in [0, 0.1) is 11.6 Å². The van der Waals surface area contributed by atoms with Crippen molar-refractivity contribution in [2.24, 2.45) is 0 Å². The van der Waals surface area contributed by atoms with Crippen LogP contribution in [0.15, 0.2) is 53.7 Å². The van der Waals surface area contributed by atoms with E-state index in [1.54, 1.807) is 25.1 Å². The third-order valence-electron chi connectivity index (χ3n) is 5.09. The Bertz CT molecular complexity index is 1010. The van der Waals surface area contributed by atoms with Crippen molar-refractivity contribution in [3.8, 4) is 0 Å². The first-order chi connectivity index (χ1) is 14.3. The molecule has 1 aliphatic heterocycles. The van der Waals surface area contributed by atoms with Gasteiger partial charge in [-0.2, -0.15) is 0 Å². The number of nitrogens with zero attached hydrogens (tertiary/aromatic N) is 1. The number of ether oxygens (including phenoxy) is 1. The van der Waals surface area contributed by atoms with Crippen molar-refractivity contribution < 1.29 is 23.1 Å². The number of carbonyl (C=O) groups excluding carboxylic acids is 2. The summed E-state index contributed by atoms with van der Waals surface area (Å²) >= 11 is 6.13. The molecule has 0 aromatic heterocycles. The molecule has 0 aliphatic carbocycles. The Hall–Kier alpha value is -2.73. The number of benzene rings is 2. The first-order valence-electron chi connectivity index (χ1n) is 9.75. The molecule has 0 bridgehead atoms. The van der Waals surface area contributed by atoms with Crippen LogP contribution >= 0.6 is 11.6 Å². The summed E-state index contributed by atoms with van der Waals surface area (Å²) in [7, 11) is 0. The highest BCUT2D eigenvalue weighted by molar-refractivity contribution is 6.30. The standard InChI is InChI=1S/C23H22ClF2NO3/c1-3-20-22(23(29)30-4-2)18(14-6-5-7-16(24)10-14)12-21(28)27(20)13-15-8-9-17(25)11-19(15)26/h5-11,18H,3-4,12-13H2,1-2H3. The van der Waals surface area contributed by atoms with E-state index in [1.165, 1.54) is 11.0 Å². The predicted molar refractivity (Wildman–Crippen MR) is 110 cm³/mol. The van der Waals surface area contributed by atoms with Crippen molar-refractivity contribution in [2.45, 2.75) is 39.2 Å². The van der Waals surface area contributed by atoms with E-state index in [-0.39, 0.29) is 31.0 Å². The lowest BCUT2D eigenvalue weighted by Gasteiger charge is -2.35. The first kappa shape index (κ1) is 22.0. The second kappa shape index (κ2) is 9.39. The molecular formula is C23H22ClF2NO3. The van der Waals surface area contributed by atoms with Crippen LogP contribution in [0.1, 0.15) is 43.7 Å². The number of allylic oxidation sites excluding steroid dienone is 1. The smallest absolute Gasteiger partial charge is 0.336 e. The molecule has 0 fully saturated rings. The van der Waals surface area contributed by atoms with Gasteiger partial charge in [-0.3, -0.25) is 4.79 Å². The van der Waals surface area contributed by atoms with Gasteiger partial charge in [-0.1, -0.05) is 36.7 Å². The average molecular weight is 434 g/mol. The highest BCUT2D eigenvalue weighted by atomic mass is 35.5. The molecule has 3 rings (SSSR count). The molecule has 2 aromatic rings. The second-order valence-corrected chi connectivity index (χ2v) is 7.40. The van der Waals surface area contributed by atoms with Gasteiger partial charge >= 0.3 is 5.97 Å². The largest absolute Gasteiger partial charge is 0.463 e. The molecular weight excluding hydrogens is 412 g/mol. The first-order valence-corrected chi connectivity index (χ1v) is 10.1. The van der Waals surface area contributed by atoms with Gasteiger partial charge in [0.15, 0.2) is 0 Å². The average Bonchev–Trinajstić information content (AvgIpc) is 2.70. The van der Waals surface area contributed by atoms with E-state index in [0.29, 0.717) is 22.7 Å². The number of amides is 1. The minimum Gasteiger partial charge on any atom is -0.463 e. The van der Waals surface area contributed by atoms with Crippen LogP contribution in [0.4, 0.5) is 8.78 Å². The summed E-state index contributed by atoms with van der Waals surface area (Å²) in [6.07, 6.45) is 0.376. The minimum atomic E-state index is -0.743. The van der Waals surface area contributed by atoms with Gasteiger partial charge in [-0.15, -0.1) is 0 Å². The maximum absolute atomic E-state index is 14.2. The van der Waals surface area contributed by atoms with Crippen molar-refractivity contribution in [2.75, 3.05) is 6.61 Å². The molecule has 7 heteroatoms. The fraction of sp³-hybridized carbons (Fsp3) is 0.304. The van der Waals surface area contributed by atoms with Gasteiger partial charge in [-0.05, 0) is 37.1 Å². The summed E-state index contributed by atoms with van der Waals surface area (Å²) in [4.78, 5) is 27.3. The van der Waals surface area contributed by atoms with Crippen LogP contribution in [-0.4, -0.2) is 23.4 Å². The molecule has 1 amide bonds. The molecule has 1 heterocycles. The lowest BCUT2D eigenvalue weighted by atomic mass is 9.82.